The van der Waals surface area contributed by atoms with Crippen molar-refractivity contribution >= 4 is 48.8 Å². The van der Waals surface area contributed by atoms with Crippen molar-refractivity contribution in [2.24, 2.45) is 10.8 Å². The van der Waals surface area contributed by atoms with Crippen LogP contribution in [-0.4, -0.2) is 78.7 Å². The molecule has 0 aliphatic heterocycles. The molecule has 0 spiro atoms. The Labute approximate surface area is 277 Å². The average molecular weight is 700 g/mol. The van der Waals surface area contributed by atoms with E-state index < -0.39 is 39.8 Å². The molecule has 47 heavy (non-hydrogen) atoms. The summed E-state index contributed by atoms with van der Waals surface area (Å²) in [4.78, 5) is 37.8. The zero-order valence-corrected chi connectivity index (χ0v) is 29.3. The number of nitrogens with zero attached hydrogens (tertiary/aromatic N) is 4. The summed E-state index contributed by atoms with van der Waals surface area (Å²) in [5.41, 5.74) is 6.41. The number of benzene rings is 1. The van der Waals surface area contributed by atoms with Crippen molar-refractivity contribution < 1.29 is 51.6 Å². The summed E-state index contributed by atoms with van der Waals surface area (Å²) in [5.74, 6) is 0.785. The predicted octanol–water partition coefficient (Wildman–Crippen LogP) is 6.08. The third-order valence-electron chi connectivity index (χ3n) is 5.55. The van der Waals surface area contributed by atoms with Gasteiger partial charge in [-0.2, -0.15) is 4.98 Å². The lowest BCUT2D eigenvalue weighted by Gasteiger charge is -2.20. The Morgan fingerprint density at radius 2 is 1.47 bits per heavy atom. The summed E-state index contributed by atoms with van der Waals surface area (Å²) in [5, 5.41) is 0.561. The molecule has 260 valence electrons. The number of carbonyl (C=O) groups excluding carboxylic acids is 2. The summed E-state index contributed by atoms with van der Waals surface area (Å²) < 4.78 is 56.1. The smallest absolute Gasteiger partial charge is 0.497 e. The molecule has 2 heterocycles. The van der Waals surface area contributed by atoms with Gasteiger partial charge in [0.15, 0.2) is 5.65 Å². The highest BCUT2D eigenvalue weighted by Gasteiger charge is 2.28. The summed E-state index contributed by atoms with van der Waals surface area (Å²) in [6.07, 6.45) is -1.06. The number of anilines is 1. The maximum Gasteiger partial charge on any atom is 0.510 e. The summed E-state index contributed by atoms with van der Waals surface area (Å²) >= 11 is 1.37. The van der Waals surface area contributed by atoms with Gasteiger partial charge in [-0.15, -0.1) is 0 Å². The van der Waals surface area contributed by atoms with Gasteiger partial charge in [-0.3, -0.25) is 13.6 Å². The molecule has 1 aromatic carbocycles. The Morgan fingerprint density at radius 3 is 2.00 bits per heavy atom. The molecule has 0 saturated heterocycles. The molecule has 0 radical (unpaired) electrons. The largest absolute Gasteiger partial charge is 0.510 e. The first kappa shape index (κ1) is 37.8. The van der Waals surface area contributed by atoms with Crippen molar-refractivity contribution in [2.75, 3.05) is 52.6 Å². The molecule has 0 fully saturated rings. The monoisotopic (exact) mass is 699 g/mol. The van der Waals surface area contributed by atoms with Crippen LogP contribution in [0.4, 0.5) is 15.5 Å². The minimum Gasteiger partial charge on any atom is -0.497 e. The fraction of sp³-hybridized carbons (Fsp3) is 0.552. The number of rotatable bonds is 16. The van der Waals surface area contributed by atoms with Crippen LogP contribution >= 0.6 is 19.4 Å². The zero-order chi connectivity index (χ0) is 34.7. The van der Waals surface area contributed by atoms with E-state index in [-0.39, 0.29) is 43.1 Å². The van der Waals surface area contributed by atoms with Crippen molar-refractivity contribution in [3.63, 3.8) is 0 Å². The number of ether oxygens (including phenoxy) is 6. The fourth-order valence-corrected chi connectivity index (χ4v) is 5.20. The Hall–Kier alpha value is -3.63. The number of nitrogens with two attached hydrogens (primary N) is 1. The third-order valence-corrected chi connectivity index (χ3v) is 8.03. The van der Waals surface area contributed by atoms with E-state index in [1.807, 2.05) is 65.8 Å². The van der Waals surface area contributed by atoms with Gasteiger partial charge in [-0.25, -0.2) is 19.6 Å². The highest BCUT2D eigenvalue weighted by molar-refractivity contribution is 7.99. The van der Waals surface area contributed by atoms with E-state index in [1.165, 1.54) is 11.8 Å². The molecule has 3 aromatic rings. The quantitative estimate of drug-likeness (QED) is 0.0593. The molecule has 0 aliphatic carbocycles. The van der Waals surface area contributed by atoms with Gasteiger partial charge in [0.1, 0.15) is 22.6 Å². The summed E-state index contributed by atoms with van der Waals surface area (Å²) in [6.45, 7) is 10.1. The van der Waals surface area contributed by atoms with Crippen molar-refractivity contribution in [2.45, 2.75) is 58.0 Å². The van der Waals surface area contributed by atoms with Crippen LogP contribution in [0.5, 0.6) is 5.75 Å². The topological polar surface area (TPSA) is 195 Å². The van der Waals surface area contributed by atoms with Gasteiger partial charge in [0.2, 0.25) is 19.5 Å². The molecule has 0 aliphatic rings. The van der Waals surface area contributed by atoms with E-state index in [2.05, 4.69) is 15.0 Å². The molecule has 3 rings (SSSR count). The molecule has 0 atom stereocenters. The molecule has 0 amide bonds. The number of hydrogen-bond donors (Lipinski definition) is 1. The van der Waals surface area contributed by atoms with Gasteiger partial charge >= 0.3 is 19.9 Å². The second-order valence-electron chi connectivity index (χ2n) is 12.4. The Kier molecular flexibility index (Phi) is 13.7. The van der Waals surface area contributed by atoms with Gasteiger partial charge in [0, 0.05) is 11.4 Å². The second-order valence-corrected chi connectivity index (χ2v) is 15.5. The van der Waals surface area contributed by atoms with Crippen LogP contribution in [0.2, 0.25) is 0 Å². The lowest BCUT2D eigenvalue weighted by atomic mass is 9.99. The normalized spacial score (nSPS) is 12.1. The molecule has 2 N–H and O–H groups in total. The number of methoxy groups -OCH3 is 1. The molecule has 0 bridgehead atoms. The molecular weight excluding hydrogens is 657 g/mol. The average Bonchev–Trinajstić information content (AvgIpc) is 3.39. The van der Waals surface area contributed by atoms with E-state index in [0.29, 0.717) is 16.2 Å². The number of fused-ring (bicyclic) bond motifs is 1. The Balaban J connectivity index is 1.59. The van der Waals surface area contributed by atoms with E-state index in [0.717, 1.165) is 10.6 Å². The molecule has 2 aromatic heterocycles. The first-order chi connectivity index (χ1) is 22.1. The predicted molar refractivity (Wildman–Crippen MR) is 171 cm³/mol. The number of imidazole rings is 1. The highest BCUT2D eigenvalue weighted by atomic mass is 32.2. The maximum atomic E-state index is 13.4. The van der Waals surface area contributed by atoms with Crippen molar-refractivity contribution in [1.82, 2.24) is 19.5 Å². The van der Waals surface area contributed by atoms with Gasteiger partial charge in [0.25, 0.3) is 0 Å². The van der Waals surface area contributed by atoms with E-state index in [4.69, 9.17) is 43.2 Å². The molecule has 0 unspecified atom stereocenters. The Bertz CT molecular complexity index is 1480. The van der Waals surface area contributed by atoms with Gasteiger partial charge in [-0.05, 0) is 35.1 Å². The maximum absolute atomic E-state index is 13.4. The highest BCUT2D eigenvalue weighted by Crippen LogP contribution is 2.48. The minimum atomic E-state index is -4.12. The minimum absolute atomic E-state index is 0.00992. The van der Waals surface area contributed by atoms with Crippen LogP contribution < -0.4 is 10.5 Å². The van der Waals surface area contributed by atoms with E-state index >= 15 is 0 Å². The van der Waals surface area contributed by atoms with E-state index in [1.54, 1.807) is 18.0 Å². The van der Waals surface area contributed by atoms with Gasteiger partial charge in [0.05, 0.1) is 33.3 Å². The van der Waals surface area contributed by atoms with Crippen molar-refractivity contribution in [3.05, 3.63) is 30.6 Å². The first-order valence-electron chi connectivity index (χ1n) is 14.4. The molecule has 16 nitrogen and oxygen atoms in total. The number of aromatic nitrogens is 4. The van der Waals surface area contributed by atoms with E-state index in [9.17, 15) is 14.2 Å². The van der Waals surface area contributed by atoms with Gasteiger partial charge < -0.3 is 38.7 Å². The summed E-state index contributed by atoms with van der Waals surface area (Å²) in [6, 6.07) is 7.45. The third kappa shape index (κ3) is 13.6. The standard InChI is InChI=1S/C29H42N5O11PS/c1-28(2,3)14-40-26(35)42-17-44-46(37,45-18-43-27(36)41-15-29(4,5)6)19-39-13-12-34-16-31-22-23(34)32-25(30)33-24(22)47-21-10-8-20(38-7)9-11-21/h8-11,16H,12-15,17-19H2,1-7H3,(H2,30,32,33). The molecule has 18 heteroatoms. The van der Waals surface area contributed by atoms with Crippen LogP contribution in [0.1, 0.15) is 41.5 Å². The van der Waals surface area contributed by atoms with Crippen LogP contribution in [0.3, 0.4) is 0 Å². The molecular formula is C29H42N5O11PS. The van der Waals surface area contributed by atoms with Crippen molar-refractivity contribution in [1.29, 1.82) is 0 Å². The number of nitrogen functional groups attached to an aromatic ring is 1. The van der Waals surface area contributed by atoms with Crippen LogP contribution in [0.15, 0.2) is 40.5 Å². The van der Waals surface area contributed by atoms with Crippen LogP contribution in [0.25, 0.3) is 11.2 Å². The Morgan fingerprint density at radius 1 is 0.894 bits per heavy atom. The SMILES string of the molecule is COc1ccc(Sc2nc(N)nc3c2ncn3CCOCP(=O)(OCOC(=O)OCC(C)(C)C)OCOC(=O)OCC(C)(C)C)cc1. The first-order valence-corrected chi connectivity index (χ1v) is 17.0. The zero-order valence-electron chi connectivity index (χ0n) is 27.5. The molecule has 0 saturated carbocycles. The number of hydrogen-bond acceptors (Lipinski definition) is 16. The van der Waals surface area contributed by atoms with Crippen LogP contribution in [0, 0.1) is 10.8 Å². The second kappa shape index (κ2) is 17.0. The van der Waals surface area contributed by atoms with Crippen molar-refractivity contribution in [3.8, 4) is 5.75 Å². The van der Waals surface area contributed by atoms with Gasteiger partial charge in [-0.1, -0.05) is 53.3 Å². The lowest BCUT2D eigenvalue weighted by Crippen LogP contribution is -2.20. The fourth-order valence-electron chi connectivity index (χ4n) is 3.32. The lowest BCUT2D eigenvalue weighted by molar-refractivity contribution is -0.0340. The number of carbonyl (C=O) groups is 2. The summed E-state index contributed by atoms with van der Waals surface area (Å²) in [7, 11) is -2.53. The van der Waals surface area contributed by atoms with Crippen LogP contribution in [-0.2, 0) is 43.8 Å².